The average molecular weight is 310 g/mol. The summed E-state index contributed by atoms with van der Waals surface area (Å²) in [5, 5.41) is 8.49. The highest BCUT2D eigenvalue weighted by molar-refractivity contribution is 8.18. The Balaban J connectivity index is 1.87. The molecule has 5 nitrogen and oxygen atoms in total. The van der Waals surface area contributed by atoms with Crippen LogP contribution in [0.2, 0.25) is 0 Å². The molecule has 2 amide bonds. The number of carbonyl (C=O) groups excluding carboxylic acids is 2. The number of rotatable bonds is 2. The molecule has 0 saturated carbocycles. The fraction of sp³-hybridized carbons (Fsp3) is 0.0625. The number of imide groups is 1. The number of thioether (sulfide) groups is 1. The quantitative estimate of drug-likeness (QED) is 0.794. The van der Waals surface area contributed by atoms with E-state index in [0.29, 0.717) is 22.0 Å². The van der Waals surface area contributed by atoms with Crippen LogP contribution in [0, 0.1) is 11.3 Å². The first-order valence-corrected chi connectivity index (χ1v) is 7.22. The third-order valence-corrected chi connectivity index (χ3v) is 4.15. The van der Waals surface area contributed by atoms with Crippen LogP contribution < -0.4 is 0 Å². The van der Waals surface area contributed by atoms with Gasteiger partial charge in [0, 0.05) is 18.7 Å². The van der Waals surface area contributed by atoms with Crippen molar-refractivity contribution in [1.29, 1.82) is 5.26 Å². The van der Waals surface area contributed by atoms with Gasteiger partial charge in [-0.3, -0.25) is 14.5 Å². The summed E-state index contributed by atoms with van der Waals surface area (Å²) < 4.78 is 5.67. The normalized spacial score (nSPS) is 16.4. The lowest BCUT2D eigenvalue weighted by Gasteiger charge is -2.00. The molecule has 0 bridgehead atoms. The van der Waals surface area contributed by atoms with Gasteiger partial charge in [-0.25, -0.2) is 0 Å². The molecule has 0 spiro atoms. The van der Waals surface area contributed by atoms with Crippen LogP contribution in [0.3, 0.4) is 0 Å². The zero-order chi connectivity index (χ0) is 15.7. The summed E-state index contributed by atoms with van der Waals surface area (Å²) in [7, 11) is 1.45. The van der Waals surface area contributed by atoms with Crippen molar-refractivity contribution in [3.05, 3.63) is 52.6 Å². The van der Waals surface area contributed by atoms with Gasteiger partial charge in [0.2, 0.25) is 0 Å². The van der Waals surface area contributed by atoms with Gasteiger partial charge >= 0.3 is 0 Å². The fourth-order valence-electron chi connectivity index (χ4n) is 1.97. The lowest BCUT2D eigenvalue weighted by molar-refractivity contribution is -0.121. The summed E-state index contributed by atoms with van der Waals surface area (Å²) in [6.07, 6.45) is 1.56. The van der Waals surface area contributed by atoms with Crippen LogP contribution in [-0.4, -0.2) is 23.1 Å². The van der Waals surface area contributed by atoms with E-state index in [1.807, 2.05) is 0 Å². The molecule has 2 aromatic rings. The summed E-state index contributed by atoms with van der Waals surface area (Å²) >= 11 is 0.889. The summed E-state index contributed by atoms with van der Waals surface area (Å²) in [5.74, 6) is 0.802. The molecule has 1 aromatic carbocycles. The predicted octanol–water partition coefficient (Wildman–Crippen LogP) is 3.48. The van der Waals surface area contributed by atoms with Crippen molar-refractivity contribution in [1.82, 2.24) is 4.90 Å². The van der Waals surface area contributed by atoms with Gasteiger partial charge in [-0.15, -0.1) is 0 Å². The maximum atomic E-state index is 11.8. The molecule has 3 rings (SSSR count). The van der Waals surface area contributed by atoms with Gasteiger partial charge in [0.1, 0.15) is 11.5 Å². The van der Waals surface area contributed by atoms with Gasteiger partial charge in [0.05, 0.1) is 16.5 Å². The van der Waals surface area contributed by atoms with E-state index in [4.69, 9.17) is 9.68 Å². The van der Waals surface area contributed by atoms with Crippen LogP contribution >= 0.6 is 11.8 Å². The van der Waals surface area contributed by atoms with Crippen LogP contribution in [0.5, 0.6) is 0 Å². The third kappa shape index (κ3) is 2.54. The molecule has 1 aliphatic rings. The molecule has 0 radical (unpaired) electrons. The van der Waals surface area contributed by atoms with Crippen molar-refractivity contribution < 1.29 is 14.0 Å². The molecule has 2 heterocycles. The summed E-state index contributed by atoms with van der Waals surface area (Å²) in [6.45, 7) is 0. The maximum absolute atomic E-state index is 11.8. The molecule has 0 aliphatic carbocycles. The number of benzene rings is 1. The summed E-state index contributed by atoms with van der Waals surface area (Å²) in [5.41, 5.74) is 1.41. The number of nitriles is 1. The van der Waals surface area contributed by atoms with Gasteiger partial charge in [0.25, 0.3) is 11.1 Å². The molecule has 108 valence electrons. The Morgan fingerprint density at radius 1 is 1.18 bits per heavy atom. The average Bonchev–Trinajstić information content (AvgIpc) is 3.09. The second kappa shape index (κ2) is 5.54. The van der Waals surface area contributed by atoms with Crippen LogP contribution in [0.1, 0.15) is 11.3 Å². The Labute approximate surface area is 130 Å². The largest absolute Gasteiger partial charge is 0.457 e. The molecule has 0 N–H and O–H groups in total. The SMILES string of the molecule is CN1C(=O)SC(=Cc2ccc(-c3ccc(C#N)cc3)o2)C1=O. The minimum absolute atomic E-state index is 0.296. The first-order chi connectivity index (χ1) is 10.6. The van der Waals surface area contributed by atoms with E-state index in [1.54, 1.807) is 42.5 Å². The third-order valence-electron chi connectivity index (χ3n) is 3.19. The Morgan fingerprint density at radius 2 is 1.91 bits per heavy atom. The molecule has 1 saturated heterocycles. The number of furan rings is 1. The molecule has 6 heteroatoms. The molecule has 22 heavy (non-hydrogen) atoms. The van der Waals surface area contributed by atoms with Crippen LogP contribution in [0.15, 0.2) is 45.7 Å². The summed E-state index contributed by atoms with van der Waals surface area (Å²) in [4.78, 5) is 24.7. The topological polar surface area (TPSA) is 74.3 Å². The molecule has 0 atom stereocenters. The Kier molecular flexibility index (Phi) is 3.57. The standard InChI is InChI=1S/C16H10N2O3S/c1-18-15(19)14(22-16(18)20)8-12-6-7-13(21-12)11-4-2-10(9-17)3-5-11/h2-8H,1H3. The van der Waals surface area contributed by atoms with Crippen molar-refractivity contribution in [3.8, 4) is 17.4 Å². The number of carbonyl (C=O) groups is 2. The van der Waals surface area contributed by atoms with Gasteiger partial charge in [-0.05, 0) is 48.2 Å². The smallest absolute Gasteiger partial charge is 0.293 e. The van der Waals surface area contributed by atoms with Crippen molar-refractivity contribution in [2.24, 2.45) is 0 Å². The van der Waals surface area contributed by atoms with E-state index < -0.39 is 0 Å². The van der Waals surface area contributed by atoms with Crippen LogP contribution in [0.25, 0.3) is 17.4 Å². The number of amides is 2. The highest BCUT2D eigenvalue weighted by Crippen LogP contribution is 2.32. The van der Waals surface area contributed by atoms with Gasteiger partial charge in [0.15, 0.2) is 0 Å². The predicted molar refractivity (Wildman–Crippen MR) is 82.6 cm³/mol. The highest BCUT2D eigenvalue weighted by atomic mass is 32.2. The van der Waals surface area contributed by atoms with Crippen LogP contribution in [-0.2, 0) is 4.79 Å². The summed E-state index contributed by atoms with van der Waals surface area (Å²) in [6, 6.07) is 12.6. The number of hydrogen-bond donors (Lipinski definition) is 0. The second-order valence-corrected chi connectivity index (χ2v) is 5.63. The van der Waals surface area contributed by atoms with E-state index in [1.165, 1.54) is 7.05 Å². The molecule has 1 aliphatic heterocycles. The molecule has 1 aromatic heterocycles. The Hall–Kier alpha value is -2.78. The van der Waals surface area contributed by atoms with E-state index in [0.717, 1.165) is 22.2 Å². The van der Waals surface area contributed by atoms with E-state index in [9.17, 15) is 9.59 Å². The fourth-order valence-corrected chi connectivity index (χ4v) is 2.78. The van der Waals surface area contributed by atoms with Gasteiger partial charge < -0.3 is 4.42 Å². The number of nitrogens with zero attached hydrogens (tertiary/aromatic N) is 2. The van der Waals surface area contributed by atoms with Gasteiger partial charge in [-0.2, -0.15) is 5.26 Å². The van der Waals surface area contributed by atoms with Crippen molar-refractivity contribution in [3.63, 3.8) is 0 Å². The second-order valence-electron chi connectivity index (χ2n) is 4.63. The van der Waals surface area contributed by atoms with Crippen molar-refractivity contribution in [2.75, 3.05) is 7.05 Å². The number of hydrogen-bond acceptors (Lipinski definition) is 5. The van der Waals surface area contributed by atoms with Crippen LogP contribution in [0.4, 0.5) is 4.79 Å². The minimum atomic E-state index is -0.327. The first kappa shape index (κ1) is 14.2. The van der Waals surface area contributed by atoms with E-state index in [-0.39, 0.29) is 11.1 Å². The first-order valence-electron chi connectivity index (χ1n) is 6.40. The van der Waals surface area contributed by atoms with Gasteiger partial charge in [-0.1, -0.05) is 0 Å². The van der Waals surface area contributed by atoms with Crippen molar-refractivity contribution in [2.45, 2.75) is 0 Å². The Bertz CT molecular complexity index is 828. The molecular weight excluding hydrogens is 300 g/mol. The molecular formula is C16H10N2O3S. The van der Waals surface area contributed by atoms with E-state index in [2.05, 4.69) is 6.07 Å². The lowest BCUT2D eigenvalue weighted by Crippen LogP contribution is -2.22. The Morgan fingerprint density at radius 3 is 2.50 bits per heavy atom. The van der Waals surface area contributed by atoms with Crippen molar-refractivity contribution >= 4 is 29.0 Å². The number of likely N-dealkylation sites (N-methyl/N-ethyl adjacent to an activating group) is 1. The zero-order valence-corrected chi connectivity index (χ0v) is 12.4. The minimum Gasteiger partial charge on any atom is -0.457 e. The van der Waals surface area contributed by atoms with E-state index >= 15 is 0 Å². The maximum Gasteiger partial charge on any atom is 0.293 e. The molecule has 1 fully saturated rings. The lowest BCUT2D eigenvalue weighted by atomic mass is 10.1. The highest BCUT2D eigenvalue weighted by Gasteiger charge is 2.32. The molecule has 0 unspecified atom stereocenters. The zero-order valence-electron chi connectivity index (χ0n) is 11.6. The monoisotopic (exact) mass is 310 g/mol.